The van der Waals surface area contributed by atoms with Gasteiger partial charge in [0, 0.05) is 23.2 Å². The molecular formula is C21H25ClN2O3. The topological polar surface area (TPSA) is 58.6 Å². The van der Waals surface area contributed by atoms with Gasteiger partial charge in [-0.2, -0.15) is 0 Å². The lowest BCUT2D eigenvalue weighted by molar-refractivity contribution is -0.122. The zero-order valence-corrected chi connectivity index (χ0v) is 16.6. The third kappa shape index (κ3) is 6.00. The minimum Gasteiger partial charge on any atom is -0.488 e. The summed E-state index contributed by atoms with van der Waals surface area (Å²) in [5.41, 5.74) is 1.26. The number of halogens is 1. The lowest BCUT2D eigenvalue weighted by Crippen LogP contribution is -2.42. The molecule has 0 radical (unpaired) electrons. The standard InChI is InChI=1S/C21H25ClN2O3/c1-4-24(13-20(25)23-15(2)3)21(26)17-10-6-8-12-19(17)27-14-16-9-5-7-11-18(16)22/h5-12,15H,4,13-14H2,1-3H3,(H,23,25). The van der Waals surface area contributed by atoms with Crippen molar-refractivity contribution in [3.05, 3.63) is 64.7 Å². The van der Waals surface area contributed by atoms with Crippen molar-refractivity contribution in [1.29, 1.82) is 0 Å². The van der Waals surface area contributed by atoms with Crippen molar-refractivity contribution >= 4 is 23.4 Å². The van der Waals surface area contributed by atoms with Crippen molar-refractivity contribution in [2.75, 3.05) is 13.1 Å². The number of nitrogens with zero attached hydrogens (tertiary/aromatic N) is 1. The second kappa shape index (κ2) is 9.97. The fourth-order valence-electron chi connectivity index (χ4n) is 2.58. The smallest absolute Gasteiger partial charge is 0.258 e. The molecule has 2 aromatic rings. The number of nitrogens with one attached hydrogen (secondary N) is 1. The third-order valence-electron chi connectivity index (χ3n) is 3.91. The number of carbonyl (C=O) groups excluding carboxylic acids is 2. The third-order valence-corrected chi connectivity index (χ3v) is 4.28. The largest absolute Gasteiger partial charge is 0.488 e. The quantitative estimate of drug-likeness (QED) is 0.746. The summed E-state index contributed by atoms with van der Waals surface area (Å²) in [5.74, 6) is 0.0333. The first-order valence-electron chi connectivity index (χ1n) is 8.96. The molecule has 144 valence electrons. The van der Waals surface area contributed by atoms with E-state index in [2.05, 4.69) is 5.32 Å². The van der Waals surface area contributed by atoms with E-state index >= 15 is 0 Å². The Hall–Kier alpha value is -2.53. The SMILES string of the molecule is CCN(CC(=O)NC(C)C)C(=O)c1ccccc1OCc1ccccc1Cl. The molecule has 0 aliphatic carbocycles. The number of benzene rings is 2. The molecule has 0 fully saturated rings. The first-order chi connectivity index (χ1) is 12.9. The van der Waals surface area contributed by atoms with Crippen LogP contribution in [0.2, 0.25) is 5.02 Å². The Balaban J connectivity index is 2.13. The van der Waals surface area contributed by atoms with Crippen molar-refractivity contribution in [1.82, 2.24) is 10.2 Å². The molecule has 0 aromatic heterocycles. The monoisotopic (exact) mass is 388 g/mol. The molecule has 1 N–H and O–H groups in total. The number of amides is 2. The van der Waals surface area contributed by atoms with Gasteiger partial charge in [0.15, 0.2) is 0 Å². The Kier molecular flexibility index (Phi) is 7.67. The Morgan fingerprint density at radius 3 is 2.44 bits per heavy atom. The van der Waals surface area contributed by atoms with Crippen LogP contribution in [0.3, 0.4) is 0 Å². The summed E-state index contributed by atoms with van der Waals surface area (Å²) in [6, 6.07) is 14.5. The van der Waals surface area contributed by atoms with Crippen LogP contribution in [0, 0.1) is 0 Å². The van der Waals surface area contributed by atoms with Crippen molar-refractivity contribution in [3.8, 4) is 5.75 Å². The minimum absolute atomic E-state index is 0.00631. The molecule has 0 bridgehead atoms. The van der Waals surface area contributed by atoms with Crippen molar-refractivity contribution in [2.24, 2.45) is 0 Å². The summed E-state index contributed by atoms with van der Waals surface area (Å²) >= 11 is 6.16. The van der Waals surface area contributed by atoms with Crippen LogP contribution < -0.4 is 10.1 Å². The fraction of sp³-hybridized carbons (Fsp3) is 0.333. The van der Waals surface area contributed by atoms with E-state index in [-0.39, 0.29) is 31.0 Å². The molecule has 0 aliphatic rings. The van der Waals surface area contributed by atoms with Gasteiger partial charge in [-0.25, -0.2) is 0 Å². The van der Waals surface area contributed by atoms with Gasteiger partial charge in [-0.15, -0.1) is 0 Å². The molecular weight excluding hydrogens is 364 g/mol. The number of likely N-dealkylation sites (N-methyl/N-ethyl adjacent to an activating group) is 1. The zero-order valence-electron chi connectivity index (χ0n) is 15.9. The molecule has 27 heavy (non-hydrogen) atoms. The Morgan fingerprint density at radius 1 is 1.11 bits per heavy atom. The number of hydrogen-bond acceptors (Lipinski definition) is 3. The van der Waals surface area contributed by atoms with Gasteiger partial charge < -0.3 is 15.0 Å². The second-order valence-electron chi connectivity index (χ2n) is 6.42. The predicted octanol–water partition coefficient (Wildman–Crippen LogP) is 3.91. The van der Waals surface area contributed by atoms with E-state index in [4.69, 9.17) is 16.3 Å². The molecule has 0 aliphatic heterocycles. The Morgan fingerprint density at radius 2 is 1.78 bits per heavy atom. The van der Waals surface area contributed by atoms with Crippen LogP contribution in [0.5, 0.6) is 5.75 Å². The summed E-state index contributed by atoms with van der Waals surface area (Å²) in [7, 11) is 0. The van der Waals surface area contributed by atoms with Crippen molar-refractivity contribution < 1.29 is 14.3 Å². The Labute approximate surface area is 165 Å². The van der Waals surface area contributed by atoms with Gasteiger partial charge in [0.05, 0.1) is 12.1 Å². The summed E-state index contributed by atoms with van der Waals surface area (Å²) in [4.78, 5) is 26.5. The predicted molar refractivity (Wildman–Crippen MR) is 107 cm³/mol. The molecule has 0 saturated heterocycles. The summed E-state index contributed by atoms with van der Waals surface area (Å²) < 4.78 is 5.86. The summed E-state index contributed by atoms with van der Waals surface area (Å²) in [6.07, 6.45) is 0. The van der Waals surface area contributed by atoms with Crippen LogP contribution in [-0.4, -0.2) is 35.8 Å². The lowest BCUT2D eigenvalue weighted by atomic mass is 10.1. The van der Waals surface area contributed by atoms with Crippen LogP contribution >= 0.6 is 11.6 Å². The van der Waals surface area contributed by atoms with Gasteiger partial charge in [0.2, 0.25) is 5.91 Å². The van der Waals surface area contributed by atoms with E-state index in [1.54, 1.807) is 30.3 Å². The molecule has 2 aromatic carbocycles. The van der Waals surface area contributed by atoms with Crippen LogP contribution in [-0.2, 0) is 11.4 Å². The van der Waals surface area contributed by atoms with Crippen LogP contribution in [0.1, 0.15) is 36.7 Å². The van der Waals surface area contributed by atoms with E-state index in [1.807, 2.05) is 39.0 Å². The highest BCUT2D eigenvalue weighted by Gasteiger charge is 2.21. The maximum atomic E-state index is 12.9. The number of carbonyl (C=O) groups is 2. The molecule has 2 amide bonds. The van der Waals surface area contributed by atoms with E-state index < -0.39 is 0 Å². The van der Waals surface area contributed by atoms with E-state index in [9.17, 15) is 9.59 Å². The number of ether oxygens (including phenoxy) is 1. The number of rotatable bonds is 8. The van der Waals surface area contributed by atoms with Gasteiger partial charge >= 0.3 is 0 Å². The van der Waals surface area contributed by atoms with Crippen molar-refractivity contribution in [3.63, 3.8) is 0 Å². The molecule has 0 unspecified atom stereocenters. The Bertz CT molecular complexity index is 793. The first-order valence-corrected chi connectivity index (χ1v) is 9.34. The van der Waals surface area contributed by atoms with Crippen LogP contribution in [0.4, 0.5) is 0 Å². The average molecular weight is 389 g/mol. The van der Waals surface area contributed by atoms with Gasteiger partial charge in [0.1, 0.15) is 12.4 Å². The molecule has 6 heteroatoms. The highest BCUT2D eigenvalue weighted by atomic mass is 35.5. The van der Waals surface area contributed by atoms with Gasteiger partial charge in [-0.3, -0.25) is 9.59 Å². The highest BCUT2D eigenvalue weighted by Crippen LogP contribution is 2.23. The highest BCUT2D eigenvalue weighted by molar-refractivity contribution is 6.31. The maximum absolute atomic E-state index is 12.9. The lowest BCUT2D eigenvalue weighted by Gasteiger charge is -2.22. The molecule has 2 rings (SSSR count). The number of para-hydroxylation sites is 1. The molecule has 0 saturated carbocycles. The van der Waals surface area contributed by atoms with E-state index in [0.29, 0.717) is 22.9 Å². The van der Waals surface area contributed by atoms with Gasteiger partial charge in [-0.1, -0.05) is 41.9 Å². The number of hydrogen-bond donors (Lipinski definition) is 1. The average Bonchev–Trinajstić information content (AvgIpc) is 2.64. The second-order valence-corrected chi connectivity index (χ2v) is 6.82. The maximum Gasteiger partial charge on any atom is 0.258 e. The summed E-state index contributed by atoms with van der Waals surface area (Å²) in [5, 5.41) is 3.42. The van der Waals surface area contributed by atoms with Crippen LogP contribution in [0.25, 0.3) is 0 Å². The van der Waals surface area contributed by atoms with Crippen LogP contribution in [0.15, 0.2) is 48.5 Å². The molecule has 0 heterocycles. The summed E-state index contributed by atoms with van der Waals surface area (Å²) in [6.45, 7) is 6.29. The fourth-order valence-corrected chi connectivity index (χ4v) is 2.77. The first kappa shape index (κ1) is 20.8. The minimum atomic E-state index is -0.244. The molecule has 0 atom stereocenters. The van der Waals surface area contributed by atoms with Crippen molar-refractivity contribution in [2.45, 2.75) is 33.4 Å². The van der Waals surface area contributed by atoms with Gasteiger partial charge in [-0.05, 0) is 39.0 Å². The van der Waals surface area contributed by atoms with Gasteiger partial charge in [0.25, 0.3) is 5.91 Å². The molecule has 0 spiro atoms. The van der Waals surface area contributed by atoms with E-state index in [0.717, 1.165) is 5.56 Å². The van der Waals surface area contributed by atoms with E-state index in [1.165, 1.54) is 4.90 Å². The zero-order chi connectivity index (χ0) is 19.8. The molecule has 5 nitrogen and oxygen atoms in total. The normalized spacial score (nSPS) is 10.6.